The van der Waals surface area contributed by atoms with Crippen molar-refractivity contribution in [2.75, 3.05) is 6.73 Å². The van der Waals surface area contributed by atoms with E-state index in [1.165, 1.54) is 0 Å². The molecule has 0 spiro atoms. The summed E-state index contributed by atoms with van der Waals surface area (Å²) in [6.07, 6.45) is -1.91. The molecule has 2 saturated heterocycles. The molecule has 17 heavy (non-hydrogen) atoms. The van der Waals surface area contributed by atoms with Gasteiger partial charge in [-0.2, -0.15) is 0 Å². The summed E-state index contributed by atoms with van der Waals surface area (Å²) in [6.45, 7) is 5.13. The van der Waals surface area contributed by atoms with Crippen LogP contribution in [0.15, 0.2) is 0 Å². The number of aliphatic hydroxyl groups is 1. The van der Waals surface area contributed by atoms with Gasteiger partial charge in [-0.15, -0.1) is 0 Å². The number of carboxylic acid groups (broad SMARTS) is 1. The van der Waals surface area contributed by atoms with Crippen molar-refractivity contribution in [3.63, 3.8) is 0 Å². The van der Waals surface area contributed by atoms with Crippen LogP contribution in [-0.2, 0) is 14.3 Å². The second-order valence-electron chi connectivity index (χ2n) is 5.09. The molecule has 6 nitrogen and oxygen atoms in total. The van der Waals surface area contributed by atoms with Crippen molar-refractivity contribution in [1.29, 1.82) is 0 Å². The molecule has 0 radical (unpaired) electrons. The topological polar surface area (TPSA) is 87.1 Å². The van der Waals surface area contributed by atoms with Gasteiger partial charge in [-0.1, -0.05) is 20.8 Å². The summed E-state index contributed by atoms with van der Waals surface area (Å²) in [6, 6.07) is 0. The zero-order valence-corrected chi connectivity index (χ0v) is 10.1. The number of hydrogen-bond donors (Lipinski definition) is 2. The number of nitrogens with zero attached hydrogens (tertiary/aromatic N) is 1. The maximum absolute atomic E-state index is 11.9. The van der Waals surface area contributed by atoms with Crippen LogP contribution in [0.3, 0.4) is 0 Å². The van der Waals surface area contributed by atoms with Crippen LogP contribution >= 0.6 is 0 Å². The molecule has 2 heterocycles. The fraction of sp³-hybridized carbons (Fsp3) is 0.818. The highest BCUT2D eigenvalue weighted by molar-refractivity contribution is 5.94. The molecule has 0 bridgehead atoms. The number of rotatable bonds is 2. The van der Waals surface area contributed by atoms with Gasteiger partial charge >= 0.3 is 5.97 Å². The highest BCUT2D eigenvalue weighted by atomic mass is 16.5. The van der Waals surface area contributed by atoms with Gasteiger partial charge in [-0.25, -0.2) is 4.79 Å². The maximum atomic E-state index is 11.9. The fourth-order valence-corrected chi connectivity index (χ4v) is 2.94. The molecule has 0 aromatic heterocycles. The van der Waals surface area contributed by atoms with E-state index in [4.69, 9.17) is 4.74 Å². The average Bonchev–Trinajstić information content (AvgIpc) is 2.73. The normalized spacial score (nSPS) is 41.1. The van der Waals surface area contributed by atoms with Crippen LogP contribution in [0.1, 0.15) is 20.8 Å². The minimum atomic E-state index is -1.62. The number of hydrogen-bond acceptors (Lipinski definition) is 4. The van der Waals surface area contributed by atoms with Crippen molar-refractivity contribution < 1.29 is 24.5 Å². The lowest BCUT2D eigenvalue weighted by atomic mass is 9.80. The second kappa shape index (κ2) is 3.68. The van der Waals surface area contributed by atoms with Crippen LogP contribution < -0.4 is 0 Å². The van der Waals surface area contributed by atoms with Gasteiger partial charge in [0.25, 0.3) is 0 Å². The molecule has 0 aromatic rings. The van der Waals surface area contributed by atoms with E-state index in [1.54, 1.807) is 6.92 Å². The van der Waals surface area contributed by atoms with Crippen LogP contribution in [-0.4, -0.2) is 51.5 Å². The Kier molecular flexibility index (Phi) is 2.67. The Morgan fingerprint density at radius 1 is 1.59 bits per heavy atom. The minimum absolute atomic E-state index is 0.0601. The lowest BCUT2D eigenvalue weighted by molar-refractivity contribution is -0.159. The standard InChI is InChI=1S/C11H17NO5/c1-5(2)8-11(10(15)16)7(13)6(3)9(14)12(11)4-17-8/h5-8,13H,4H2,1-3H3,(H,15,16)/t6-,7+,8+,11+/m1/s1. The van der Waals surface area contributed by atoms with Gasteiger partial charge in [0.15, 0.2) is 5.54 Å². The number of carbonyl (C=O) groups excluding carboxylic acids is 1. The molecule has 2 N–H and O–H groups in total. The zero-order chi connectivity index (χ0) is 13.0. The van der Waals surface area contributed by atoms with Crippen molar-refractivity contribution >= 4 is 11.9 Å². The quantitative estimate of drug-likeness (QED) is 0.693. The largest absolute Gasteiger partial charge is 0.479 e. The number of carbonyl (C=O) groups is 2. The van der Waals surface area contributed by atoms with Gasteiger partial charge in [0.05, 0.1) is 12.0 Å². The first-order valence-corrected chi connectivity index (χ1v) is 5.69. The van der Waals surface area contributed by atoms with Gasteiger partial charge in [0, 0.05) is 0 Å². The Bertz CT molecular complexity index is 369. The third kappa shape index (κ3) is 1.28. The lowest BCUT2D eigenvalue weighted by Crippen LogP contribution is -2.61. The first kappa shape index (κ1) is 12.3. The predicted molar refractivity (Wildman–Crippen MR) is 57.0 cm³/mol. The Balaban J connectivity index is 2.53. The molecule has 2 aliphatic rings. The molecule has 4 atom stereocenters. The molecule has 0 aliphatic carbocycles. The van der Waals surface area contributed by atoms with E-state index < -0.39 is 29.6 Å². The summed E-state index contributed by atoms with van der Waals surface area (Å²) in [5, 5.41) is 19.6. The first-order valence-electron chi connectivity index (χ1n) is 5.69. The highest BCUT2D eigenvalue weighted by Gasteiger charge is 2.69. The van der Waals surface area contributed by atoms with E-state index in [0.29, 0.717) is 0 Å². The van der Waals surface area contributed by atoms with Crippen molar-refractivity contribution in [1.82, 2.24) is 4.90 Å². The van der Waals surface area contributed by atoms with Gasteiger partial charge in [-0.3, -0.25) is 9.69 Å². The molecule has 2 fully saturated rings. The summed E-state index contributed by atoms with van der Waals surface area (Å²) >= 11 is 0. The van der Waals surface area contributed by atoms with Crippen molar-refractivity contribution in [3.05, 3.63) is 0 Å². The summed E-state index contributed by atoms with van der Waals surface area (Å²) in [7, 11) is 0. The minimum Gasteiger partial charge on any atom is -0.479 e. The molecular formula is C11H17NO5. The van der Waals surface area contributed by atoms with Crippen molar-refractivity contribution in [2.45, 2.75) is 38.5 Å². The van der Waals surface area contributed by atoms with Crippen LogP contribution in [0.2, 0.25) is 0 Å². The van der Waals surface area contributed by atoms with E-state index in [2.05, 4.69) is 0 Å². The van der Waals surface area contributed by atoms with Gasteiger partial charge in [0.1, 0.15) is 12.8 Å². The molecule has 96 valence electrons. The van der Waals surface area contributed by atoms with E-state index in [0.717, 1.165) is 4.90 Å². The summed E-state index contributed by atoms with van der Waals surface area (Å²) in [5.74, 6) is -2.35. The monoisotopic (exact) mass is 243 g/mol. The molecule has 2 aliphatic heterocycles. The molecule has 0 aromatic carbocycles. The molecule has 0 saturated carbocycles. The highest BCUT2D eigenvalue weighted by Crippen LogP contribution is 2.44. The van der Waals surface area contributed by atoms with Gasteiger partial charge < -0.3 is 14.9 Å². The van der Waals surface area contributed by atoms with Crippen LogP contribution in [0.5, 0.6) is 0 Å². The number of aliphatic carboxylic acids is 1. The average molecular weight is 243 g/mol. The third-order valence-electron chi connectivity index (χ3n) is 3.79. The van der Waals surface area contributed by atoms with Gasteiger partial charge in [-0.05, 0) is 5.92 Å². The van der Waals surface area contributed by atoms with E-state index >= 15 is 0 Å². The van der Waals surface area contributed by atoms with Crippen LogP contribution in [0, 0.1) is 11.8 Å². The number of aliphatic hydroxyl groups excluding tert-OH is 1. The van der Waals surface area contributed by atoms with E-state index in [9.17, 15) is 19.8 Å². The lowest BCUT2D eigenvalue weighted by Gasteiger charge is -2.35. The van der Waals surface area contributed by atoms with Gasteiger partial charge in [0.2, 0.25) is 5.91 Å². The van der Waals surface area contributed by atoms with Crippen molar-refractivity contribution in [2.24, 2.45) is 11.8 Å². The number of carboxylic acids is 1. The van der Waals surface area contributed by atoms with E-state index in [1.807, 2.05) is 13.8 Å². The van der Waals surface area contributed by atoms with Crippen molar-refractivity contribution in [3.8, 4) is 0 Å². The molecule has 0 unspecified atom stereocenters. The molecule has 2 rings (SSSR count). The Morgan fingerprint density at radius 3 is 2.65 bits per heavy atom. The number of fused-ring (bicyclic) bond motifs is 1. The summed E-state index contributed by atoms with van der Waals surface area (Å²) in [4.78, 5) is 24.6. The zero-order valence-electron chi connectivity index (χ0n) is 10.1. The first-order chi connectivity index (χ1) is 7.85. The Hall–Kier alpha value is -1.14. The maximum Gasteiger partial charge on any atom is 0.335 e. The summed E-state index contributed by atoms with van der Waals surface area (Å²) in [5.41, 5.74) is -1.62. The Morgan fingerprint density at radius 2 is 2.18 bits per heavy atom. The number of amides is 1. The van der Waals surface area contributed by atoms with Crippen LogP contribution in [0.4, 0.5) is 0 Å². The SMILES string of the molecule is CC(C)[C@@H]1OCN2C(=O)[C@H](C)[C@H](O)[C@@]12C(=O)O. The fourth-order valence-electron chi connectivity index (χ4n) is 2.94. The Labute approximate surface area is 99.2 Å². The second-order valence-corrected chi connectivity index (χ2v) is 5.09. The third-order valence-corrected chi connectivity index (χ3v) is 3.79. The predicted octanol–water partition coefficient (Wildman–Crippen LogP) is -0.339. The molecular weight excluding hydrogens is 226 g/mol. The number of ether oxygens (including phenoxy) is 1. The smallest absolute Gasteiger partial charge is 0.335 e. The summed E-state index contributed by atoms with van der Waals surface area (Å²) < 4.78 is 5.40. The molecule has 6 heteroatoms. The van der Waals surface area contributed by atoms with Crippen LogP contribution in [0.25, 0.3) is 0 Å². The van der Waals surface area contributed by atoms with E-state index in [-0.39, 0.29) is 18.6 Å². The molecule has 1 amide bonds.